The Morgan fingerprint density at radius 1 is 1.12 bits per heavy atom. The SMILES string of the molecule is O=C(O)CNC(=O)c1c(=O)oc(O)c2ccc(-c3ccccc3Cl)cc12. The molecule has 132 valence electrons. The van der Waals surface area contributed by atoms with Gasteiger partial charge in [0.2, 0.25) is 0 Å². The Morgan fingerprint density at radius 3 is 2.54 bits per heavy atom. The fourth-order valence-electron chi connectivity index (χ4n) is 2.56. The van der Waals surface area contributed by atoms with E-state index in [1.54, 1.807) is 30.3 Å². The van der Waals surface area contributed by atoms with Gasteiger partial charge in [-0.3, -0.25) is 9.59 Å². The Morgan fingerprint density at radius 2 is 1.85 bits per heavy atom. The van der Waals surface area contributed by atoms with E-state index in [1.807, 2.05) is 0 Å². The Labute approximate surface area is 151 Å². The van der Waals surface area contributed by atoms with Gasteiger partial charge in [0, 0.05) is 16.0 Å². The smallest absolute Gasteiger partial charge is 0.352 e. The predicted molar refractivity (Wildman–Crippen MR) is 94.6 cm³/mol. The highest BCUT2D eigenvalue weighted by Crippen LogP contribution is 2.33. The molecule has 0 saturated carbocycles. The number of carboxylic acids is 1. The predicted octanol–water partition coefficient (Wildman–Crippen LogP) is 2.63. The van der Waals surface area contributed by atoms with Crippen LogP contribution < -0.4 is 10.9 Å². The highest BCUT2D eigenvalue weighted by molar-refractivity contribution is 6.33. The number of fused-ring (bicyclic) bond motifs is 1. The molecule has 0 unspecified atom stereocenters. The second-order valence-electron chi connectivity index (χ2n) is 5.39. The highest BCUT2D eigenvalue weighted by Gasteiger charge is 2.20. The molecule has 1 amide bonds. The van der Waals surface area contributed by atoms with E-state index in [2.05, 4.69) is 9.73 Å². The summed E-state index contributed by atoms with van der Waals surface area (Å²) in [6.07, 6.45) is 0. The van der Waals surface area contributed by atoms with Gasteiger partial charge in [-0.15, -0.1) is 0 Å². The first kappa shape index (κ1) is 17.5. The minimum atomic E-state index is -1.26. The van der Waals surface area contributed by atoms with Crippen molar-refractivity contribution in [2.75, 3.05) is 6.54 Å². The molecule has 0 spiro atoms. The lowest BCUT2D eigenvalue weighted by molar-refractivity contribution is -0.135. The summed E-state index contributed by atoms with van der Waals surface area (Å²) in [6.45, 7) is -0.662. The van der Waals surface area contributed by atoms with Gasteiger partial charge in [-0.25, -0.2) is 4.79 Å². The van der Waals surface area contributed by atoms with Gasteiger partial charge in [0.05, 0.1) is 5.39 Å². The largest absolute Gasteiger partial charge is 0.480 e. The van der Waals surface area contributed by atoms with E-state index < -0.39 is 35.6 Å². The fourth-order valence-corrected chi connectivity index (χ4v) is 2.81. The van der Waals surface area contributed by atoms with E-state index in [0.29, 0.717) is 16.1 Å². The molecule has 0 aliphatic heterocycles. The molecule has 3 aromatic rings. The maximum Gasteiger partial charge on any atom is 0.352 e. The maximum atomic E-state index is 12.3. The third-order valence-corrected chi connectivity index (χ3v) is 4.05. The van der Waals surface area contributed by atoms with E-state index in [1.165, 1.54) is 12.1 Å². The standard InChI is InChI=1S/C18H12ClNO6/c19-13-4-2-1-3-10(13)9-5-6-11-12(7-9)15(18(25)26-17(11)24)16(23)20-8-14(21)22/h1-7,24H,8H2,(H,20,23)(H,21,22). The lowest BCUT2D eigenvalue weighted by Crippen LogP contribution is -2.32. The summed E-state index contributed by atoms with van der Waals surface area (Å²) in [5.41, 5.74) is -0.191. The second-order valence-corrected chi connectivity index (χ2v) is 5.79. The van der Waals surface area contributed by atoms with Crippen LogP contribution in [-0.2, 0) is 4.79 Å². The molecule has 0 saturated heterocycles. The molecular weight excluding hydrogens is 362 g/mol. The summed E-state index contributed by atoms with van der Waals surface area (Å²) in [5, 5.41) is 21.4. The Bertz CT molecular complexity index is 1090. The number of nitrogens with one attached hydrogen (secondary N) is 1. The van der Waals surface area contributed by atoms with Crippen molar-refractivity contribution in [2.45, 2.75) is 0 Å². The van der Waals surface area contributed by atoms with Crippen molar-refractivity contribution in [1.82, 2.24) is 5.32 Å². The minimum Gasteiger partial charge on any atom is -0.480 e. The van der Waals surface area contributed by atoms with Crippen LogP contribution >= 0.6 is 11.6 Å². The third-order valence-electron chi connectivity index (χ3n) is 3.72. The normalized spacial score (nSPS) is 10.7. The zero-order valence-corrected chi connectivity index (χ0v) is 13.9. The molecule has 2 aromatic carbocycles. The maximum absolute atomic E-state index is 12.3. The zero-order valence-electron chi connectivity index (χ0n) is 13.2. The van der Waals surface area contributed by atoms with Crippen LogP contribution in [-0.4, -0.2) is 28.6 Å². The Kier molecular flexibility index (Phi) is 4.64. The number of halogens is 1. The number of rotatable bonds is 4. The highest BCUT2D eigenvalue weighted by atomic mass is 35.5. The van der Waals surface area contributed by atoms with Crippen molar-refractivity contribution >= 4 is 34.2 Å². The molecule has 0 atom stereocenters. The molecule has 7 nitrogen and oxygen atoms in total. The van der Waals surface area contributed by atoms with Gasteiger partial charge in [-0.2, -0.15) is 0 Å². The van der Waals surface area contributed by atoms with Crippen LogP contribution in [0.1, 0.15) is 10.4 Å². The van der Waals surface area contributed by atoms with Crippen molar-refractivity contribution in [2.24, 2.45) is 0 Å². The molecule has 0 aliphatic carbocycles. The number of carbonyl (C=O) groups is 2. The van der Waals surface area contributed by atoms with Gasteiger partial charge in [-0.1, -0.05) is 35.9 Å². The summed E-state index contributed by atoms with van der Waals surface area (Å²) >= 11 is 6.19. The van der Waals surface area contributed by atoms with E-state index >= 15 is 0 Å². The number of carbonyl (C=O) groups excluding carboxylic acids is 1. The number of carboxylic acid groups (broad SMARTS) is 1. The van der Waals surface area contributed by atoms with Gasteiger partial charge in [0.15, 0.2) is 0 Å². The van der Waals surface area contributed by atoms with Crippen LogP contribution in [0.25, 0.3) is 21.9 Å². The average Bonchev–Trinajstić information content (AvgIpc) is 2.60. The molecule has 1 heterocycles. The summed E-state index contributed by atoms with van der Waals surface area (Å²) in [5.74, 6) is -2.81. The first-order chi connectivity index (χ1) is 12.4. The number of aliphatic carboxylic acids is 1. The average molecular weight is 374 g/mol. The molecule has 1 aromatic heterocycles. The molecule has 8 heteroatoms. The molecule has 0 aliphatic rings. The van der Waals surface area contributed by atoms with E-state index in [-0.39, 0.29) is 10.8 Å². The van der Waals surface area contributed by atoms with E-state index in [9.17, 15) is 19.5 Å². The van der Waals surface area contributed by atoms with Crippen LogP contribution in [0.5, 0.6) is 5.95 Å². The minimum absolute atomic E-state index is 0.124. The number of amides is 1. The first-order valence-corrected chi connectivity index (χ1v) is 7.81. The molecular formula is C18H12ClNO6. The fraction of sp³-hybridized carbons (Fsp3) is 0.0556. The number of hydrogen-bond donors (Lipinski definition) is 3. The summed E-state index contributed by atoms with van der Waals surface area (Å²) < 4.78 is 4.68. The Hall–Kier alpha value is -3.32. The van der Waals surface area contributed by atoms with Crippen molar-refractivity contribution in [3.63, 3.8) is 0 Å². The van der Waals surface area contributed by atoms with Crippen LogP contribution in [0.15, 0.2) is 51.7 Å². The molecule has 26 heavy (non-hydrogen) atoms. The topological polar surface area (TPSA) is 117 Å². The number of hydrogen-bond acceptors (Lipinski definition) is 5. The van der Waals surface area contributed by atoms with Crippen molar-refractivity contribution in [1.29, 1.82) is 0 Å². The van der Waals surface area contributed by atoms with Crippen molar-refractivity contribution in [3.8, 4) is 17.1 Å². The number of benzene rings is 2. The van der Waals surface area contributed by atoms with Crippen molar-refractivity contribution in [3.05, 3.63) is 63.5 Å². The van der Waals surface area contributed by atoms with Crippen LogP contribution in [0.4, 0.5) is 0 Å². The van der Waals surface area contributed by atoms with Crippen LogP contribution in [0.3, 0.4) is 0 Å². The summed E-state index contributed by atoms with van der Waals surface area (Å²) in [4.78, 5) is 35.0. The molecule has 0 radical (unpaired) electrons. The summed E-state index contributed by atoms with van der Waals surface area (Å²) in [7, 11) is 0. The third kappa shape index (κ3) is 3.25. The van der Waals surface area contributed by atoms with E-state index in [0.717, 1.165) is 0 Å². The summed E-state index contributed by atoms with van der Waals surface area (Å²) in [6, 6.07) is 11.7. The van der Waals surface area contributed by atoms with Gasteiger partial charge < -0.3 is 19.9 Å². The van der Waals surface area contributed by atoms with E-state index in [4.69, 9.17) is 16.7 Å². The molecule has 0 bridgehead atoms. The molecule has 0 fully saturated rings. The monoisotopic (exact) mass is 373 g/mol. The quantitative estimate of drug-likeness (QED) is 0.647. The van der Waals surface area contributed by atoms with Crippen LogP contribution in [0.2, 0.25) is 5.02 Å². The molecule has 3 N–H and O–H groups in total. The second kappa shape index (κ2) is 6.89. The van der Waals surface area contributed by atoms with Gasteiger partial charge in [-0.05, 0) is 23.8 Å². The van der Waals surface area contributed by atoms with Crippen LogP contribution in [0, 0.1) is 0 Å². The number of aromatic hydroxyl groups is 1. The lowest BCUT2D eigenvalue weighted by Gasteiger charge is -2.09. The van der Waals surface area contributed by atoms with Gasteiger partial charge in [0.1, 0.15) is 12.1 Å². The van der Waals surface area contributed by atoms with Gasteiger partial charge in [0.25, 0.3) is 11.9 Å². The van der Waals surface area contributed by atoms with Gasteiger partial charge >= 0.3 is 11.6 Å². The first-order valence-electron chi connectivity index (χ1n) is 7.43. The Balaban J connectivity index is 2.22. The zero-order chi connectivity index (χ0) is 18.8. The van der Waals surface area contributed by atoms with Crippen molar-refractivity contribution < 1.29 is 24.2 Å². The lowest BCUT2D eigenvalue weighted by atomic mass is 9.99. The molecule has 3 rings (SSSR count).